The first-order valence-electron chi connectivity index (χ1n) is 40.0. The molecule has 22 heteroatoms. The van der Waals surface area contributed by atoms with E-state index in [2.05, 4.69) is 31.9 Å². The zero-order chi connectivity index (χ0) is 84.1. The standard InChI is InChI=1S/C96H105N9O13/c1-61(2)50-82(90(111)114-12)101-86(107)79(53-63-44-47-64-30-22-23-31-65(64)51-63)98-85(106)78(52-62-45-48-71(49-46-62)117-94(6,7)8)99-89(110)83(59-116-93(3,4)5)102-87(108)80(54-66-56-105(92(113)118-95(9,10)11)84-43-29-28-38-72(66)84)100-88(109)81(103-91(112)115-58-77-75-41-26-24-39-73(75)74-40-25-27-42-76(74)77)55-70-57-104(60-97-70)96(67-32-16-13-17-33-67,68-34-18-14-19-35-68)69-36-20-15-21-37-69/h13-49,51,56-57,60-61,77-83H,50,52-55,58-59H2,1-12H3,(H,98,106)(H,99,110)(H,100,109)(H,101,107)(H,102,108)(H,103,112)/t78-,79+,80-,81-,82-,83-/m0/s1. The van der Waals surface area contributed by atoms with Crippen molar-refractivity contribution >= 4 is 69.4 Å². The van der Waals surface area contributed by atoms with E-state index in [0.29, 0.717) is 39.0 Å². The molecule has 0 bridgehead atoms. The number of aromatic nitrogens is 3. The average Bonchev–Trinajstić information content (AvgIpc) is 1.25. The van der Waals surface area contributed by atoms with Crippen molar-refractivity contribution in [2.24, 2.45) is 5.92 Å². The second-order valence-corrected chi connectivity index (χ2v) is 33.4. The number of esters is 1. The Hall–Kier alpha value is -12.7. The number of amides is 6. The number of carbonyl (C=O) groups excluding carboxylic acids is 8. The van der Waals surface area contributed by atoms with E-state index >= 15 is 19.2 Å². The highest BCUT2D eigenvalue weighted by Crippen LogP contribution is 2.45. The fraction of sp³-hybridized carbons (Fsp3) is 0.323. The quantitative estimate of drug-likeness (QED) is 0.0134. The van der Waals surface area contributed by atoms with Gasteiger partial charge in [0.2, 0.25) is 29.5 Å². The predicted molar refractivity (Wildman–Crippen MR) is 455 cm³/mol. The largest absolute Gasteiger partial charge is 0.488 e. The summed E-state index contributed by atoms with van der Waals surface area (Å²) in [5.41, 5.74) is 5.58. The van der Waals surface area contributed by atoms with Crippen molar-refractivity contribution in [2.75, 3.05) is 20.3 Å². The SMILES string of the molecule is COC(=O)[C@H](CC(C)C)NC(=O)[C@@H](Cc1ccc2ccccc2c1)NC(=O)[C@H](Cc1ccc(OC(C)(C)C)cc1)NC(=O)[C@H](COC(C)(C)C)NC(=O)[C@H](Cc1cn(C(=O)OC(C)(C)C)c2ccccc12)NC(=O)[C@H](Cc1cn(C(c2ccccc2)(c2ccccc2)c2ccccc2)cn1)NC(=O)OCC1c2ccccc2-c2ccccc21. The van der Waals surface area contributed by atoms with Crippen LogP contribution >= 0.6 is 0 Å². The number of rotatable bonds is 31. The van der Waals surface area contributed by atoms with E-state index in [1.165, 1.54) is 17.9 Å². The smallest absolute Gasteiger partial charge is 0.419 e. The summed E-state index contributed by atoms with van der Waals surface area (Å²) in [5, 5.41) is 19.9. The van der Waals surface area contributed by atoms with Crippen molar-refractivity contribution < 1.29 is 62.0 Å². The molecule has 612 valence electrons. The Balaban J connectivity index is 0.921. The van der Waals surface area contributed by atoms with Crippen molar-refractivity contribution in [3.05, 3.63) is 299 Å². The molecule has 1 aliphatic rings. The van der Waals surface area contributed by atoms with Crippen molar-refractivity contribution in [1.29, 1.82) is 0 Å². The number of ether oxygens (including phenoxy) is 5. The first kappa shape index (κ1) is 84.7. The highest BCUT2D eigenvalue weighted by Gasteiger charge is 2.41. The van der Waals surface area contributed by atoms with Crippen molar-refractivity contribution in [1.82, 2.24) is 46.0 Å². The van der Waals surface area contributed by atoms with E-state index in [-0.39, 0.29) is 50.5 Å². The van der Waals surface area contributed by atoms with Gasteiger partial charge in [-0.25, -0.2) is 19.4 Å². The van der Waals surface area contributed by atoms with Gasteiger partial charge in [0, 0.05) is 49.4 Å². The Morgan fingerprint density at radius 1 is 0.458 bits per heavy atom. The molecule has 6 amide bonds. The van der Waals surface area contributed by atoms with Crippen LogP contribution in [0.1, 0.15) is 139 Å². The van der Waals surface area contributed by atoms with Gasteiger partial charge in [-0.1, -0.05) is 226 Å². The molecule has 2 aromatic heterocycles. The van der Waals surface area contributed by atoms with Gasteiger partial charge in [0.05, 0.1) is 36.9 Å². The van der Waals surface area contributed by atoms with Gasteiger partial charge in [0.25, 0.3) is 0 Å². The first-order chi connectivity index (χ1) is 56.4. The molecule has 1 aliphatic carbocycles. The fourth-order valence-corrected chi connectivity index (χ4v) is 15.2. The van der Waals surface area contributed by atoms with Gasteiger partial charge < -0.3 is 60.2 Å². The topological polar surface area (TPSA) is 278 Å². The molecule has 11 aromatic rings. The van der Waals surface area contributed by atoms with E-state index in [0.717, 1.165) is 49.7 Å². The lowest BCUT2D eigenvalue weighted by atomic mass is 9.77. The maximum Gasteiger partial charge on any atom is 0.419 e. The van der Waals surface area contributed by atoms with Crippen LogP contribution in [0.2, 0.25) is 0 Å². The minimum absolute atomic E-state index is 0.0536. The number of nitrogens with zero attached hydrogens (tertiary/aromatic N) is 3. The number of alkyl carbamates (subject to hydrolysis) is 1. The van der Waals surface area contributed by atoms with Gasteiger partial charge in [0.1, 0.15) is 65.3 Å². The third-order valence-corrected chi connectivity index (χ3v) is 20.5. The molecule has 12 rings (SSSR count). The molecule has 6 N–H and O–H groups in total. The summed E-state index contributed by atoms with van der Waals surface area (Å²) in [5.74, 6) is -4.75. The Kier molecular flexibility index (Phi) is 26.6. The number of hydrogen-bond acceptors (Lipinski definition) is 14. The molecule has 0 fully saturated rings. The number of nitrogens with one attached hydrogen (secondary N) is 6. The molecular formula is C96H105N9O13. The number of benzene rings is 9. The zero-order valence-corrected chi connectivity index (χ0v) is 68.9. The van der Waals surface area contributed by atoms with E-state index in [4.69, 9.17) is 28.7 Å². The van der Waals surface area contributed by atoms with Crippen LogP contribution in [0.25, 0.3) is 32.8 Å². The molecule has 6 atom stereocenters. The zero-order valence-electron chi connectivity index (χ0n) is 68.9. The summed E-state index contributed by atoms with van der Waals surface area (Å²) in [6.45, 7) is 19.4. The number of imidazole rings is 1. The van der Waals surface area contributed by atoms with E-state index in [1.807, 2.05) is 227 Å². The van der Waals surface area contributed by atoms with Gasteiger partial charge >= 0.3 is 18.2 Å². The first-order valence-corrected chi connectivity index (χ1v) is 40.0. The second kappa shape index (κ2) is 37.1. The molecule has 22 nitrogen and oxygen atoms in total. The third kappa shape index (κ3) is 21.1. The molecular weight excluding hydrogens is 1490 g/mol. The van der Waals surface area contributed by atoms with Crippen LogP contribution in [0, 0.1) is 5.92 Å². The minimum atomic E-state index is -1.64. The maximum absolute atomic E-state index is 16.1. The number of carbonyl (C=O) groups is 8. The summed E-state index contributed by atoms with van der Waals surface area (Å²) >= 11 is 0. The molecule has 2 heterocycles. The van der Waals surface area contributed by atoms with Crippen LogP contribution in [-0.4, -0.2) is 135 Å². The molecule has 9 aromatic carbocycles. The van der Waals surface area contributed by atoms with Crippen LogP contribution in [0.3, 0.4) is 0 Å². The Morgan fingerprint density at radius 3 is 1.47 bits per heavy atom. The number of para-hydroxylation sites is 1. The molecule has 0 aliphatic heterocycles. The van der Waals surface area contributed by atoms with E-state index < -0.39 is 113 Å². The monoisotopic (exact) mass is 1590 g/mol. The summed E-state index contributed by atoms with van der Waals surface area (Å²) in [7, 11) is 1.23. The molecule has 0 saturated heterocycles. The van der Waals surface area contributed by atoms with E-state index in [9.17, 15) is 19.2 Å². The second-order valence-electron chi connectivity index (χ2n) is 33.4. The Morgan fingerprint density at radius 2 is 0.932 bits per heavy atom. The highest BCUT2D eigenvalue weighted by molar-refractivity contribution is 5.99. The van der Waals surface area contributed by atoms with Crippen molar-refractivity contribution in [2.45, 2.75) is 173 Å². The lowest BCUT2D eigenvalue weighted by molar-refractivity contribution is -0.146. The van der Waals surface area contributed by atoms with Gasteiger partial charge in [0.15, 0.2) is 0 Å². The fourth-order valence-electron chi connectivity index (χ4n) is 15.2. The normalized spacial score (nSPS) is 13.8. The minimum Gasteiger partial charge on any atom is -0.488 e. The maximum atomic E-state index is 16.1. The van der Waals surface area contributed by atoms with Crippen LogP contribution in [0.5, 0.6) is 5.75 Å². The molecule has 0 unspecified atom stereocenters. The average molecular weight is 1590 g/mol. The summed E-state index contributed by atoms with van der Waals surface area (Å²) < 4.78 is 33.1. The summed E-state index contributed by atoms with van der Waals surface area (Å²) in [6, 6.07) is 64.4. The van der Waals surface area contributed by atoms with E-state index in [1.54, 1.807) is 96.4 Å². The lowest BCUT2D eigenvalue weighted by Gasteiger charge is -2.37. The number of hydrogen-bond donors (Lipinski definition) is 6. The molecule has 0 saturated carbocycles. The Labute approximate surface area is 689 Å². The Bertz CT molecular complexity index is 5230. The number of methoxy groups -OCH3 is 1. The van der Waals surface area contributed by atoms with Crippen LogP contribution in [-0.2, 0) is 78.9 Å². The summed E-state index contributed by atoms with van der Waals surface area (Å²) in [4.78, 5) is 126. The third-order valence-electron chi connectivity index (χ3n) is 20.5. The van der Waals surface area contributed by atoms with Crippen LogP contribution < -0.4 is 36.6 Å². The number of fused-ring (bicyclic) bond motifs is 5. The molecule has 118 heavy (non-hydrogen) atoms. The van der Waals surface area contributed by atoms with Crippen LogP contribution in [0.4, 0.5) is 9.59 Å². The van der Waals surface area contributed by atoms with Gasteiger partial charge in [-0.3, -0.25) is 28.5 Å². The predicted octanol–water partition coefficient (Wildman–Crippen LogP) is 14.4. The van der Waals surface area contributed by atoms with Crippen LogP contribution in [0.15, 0.2) is 249 Å². The highest BCUT2D eigenvalue weighted by atomic mass is 16.6. The molecule has 0 spiro atoms. The van der Waals surface area contributed by atoms with Gasteiger partial charge in [-0.15, -0.1) is 0 Å². The summed E-state index contributed by atoms with van der Waals surface area (Å²) in [6.07, 6.45) is 2.79. The van der Waals surface area contributed by atoms with Gasteiger partial charge in [-0.2, -0.15) is 0 Å². The lowest BCUT2D eigenvalue weighted by Crippen LogP contribution is -2.61. The molecule has 0 radical (unpaired) electrons. The van der Waals surface area contributed by atoms with Gasteiger partial charge in [-0.05, 0) is 159 Å². The van der Waals surface area contributed by atoms with Crippen molar-refractivity contribution in [3.63, 3.8) is 0 Å². The van der Waals surface area contributed by atoms with Crippen molar-refractivity contribution in [3.8, 4) is 16.9 Å².